The van der Waals surface area contributed by atoms with Crippen molar-refractivity contribution in [1.82, 2.24) is 29.4 Å². The fraction of sp³-hybridized carbons (Fsp3) is 0.414. The quantitative estimate of drug-likeness (QED) is 0.394. The van der Waals surface area contributed by atoms with Gasteiger partial charge in [0.1, 0.15) is 17.6 Å². The van der Waals surface area contributed by atoms with Crippen molar-refractivity contribution in [3.63, 3.8) is 0 Å². The SMILES string of the molecule is CNc1cc2c(cn1)c(-c1ccc(C(=O)N3CCOCC3)cc1)nn2C1CCC(Oc2ccc(=O)n(C)n2)CC1. The van der Waals surface area contributed by atoms with Crippen molar-refractivity contribution < 1.29 is 14.3 Å². The Balaban J connectivity index is 1.23. The summed E-state index contributed by atoms with van der Waals surface area (Å²) in [6.07, 6.45) is 5.41. The van der Waals surface area contributed by atoms with Gasteiger partial charge in [0.15, 0.2) is 0 Å². The third kappa shape index (κ3) is 5.16. The molecule has 208 valence electrons. The summed E-state index contributed by atoms with van der Waals surface area (Å²) in [4.78, 5) is 31.0. The van der Waals surface area contributed by atoms with Crippen LogP contribution in [0.2, 0.25) is 0 Å². The maximum atomic E-state index is 12.9. The van der Waals surface area contributed by atoms with E-state index in [2.05, 4.69) is 20.1 Å². The highest BCUT2D eigenvalue weighted by molar-refractivity contribution is 5.97. The molecule has 4 aromatic rings. The molecule has 2 fully saturated rings. The van der Waals surface area contributed by atoms with Gasteiger partial charge < -0.3 is 19.7 Å². The average molecular weight is 544 g/mol. The number of nitrogens with zero attached hydrogens (tertiary/aromatic N) is 6. The van der Waals surface area contributed by atoms with Crippen LogP contribution in [0.25, 0.3) is 22.2 Å². The fourth-order valence-corrected chi connectivity index (χ4v) is 5.50. The lowest BCUT2D eigenvalue weighted by Gasteiger charge is -2.29. The molecule has 1 aromatic carbocycles. The number of fused-ring (bicyclic) bond motifs is 1. The third-order valence-electron chi connectivity index (χ3n) is 7.76. The Hall–Kier alpha value is -4.25. The smallest absolute Gasteiger partial charge is 0.266 e. The Labute approximate surface area is 231 Å². The minimum Gasteiger partial charge on any atom is -0.473 e. The number of nitrogens with one attached hydrogen (secondary N) is 1. The van der Waals surface area contributed by atoms with Crippen LogP contribution >= 0.6 is 0 Å². The maximum absolute atomic E-state index is 12.9. The molecule has 0 spiro atoms. The number of ether oxygens (including phenoxy) is 2. The first-order valence-electron chi connectivity index (χ1n) is 13.7. The second kappa shape index (κ2) is 11.1. The summed E-state index contributed by atoms with van der Waals surface area (Å²) >= 11 is 0. The normalized spacial score (nSPS) is 19.5. The van der Waals surface area contributed by atoms with Gasteiger partial charge in [0.05, 0.1) is 24.8 Å². The van der Waals surface area contributed by atoms with Crippen LogP contribution < -0.4 is 15.6 Å². The minimum absolute atomic E-state index is 0.0254. The van der Waals surface area contributed by atoms with Crippen LogP contribution in [0.4, 0.5) is 5.82 Å². The van der Waals surface area contributed by atoms with Crippen molar-refractivity contribution in [2.45, 2.75) is 37.8 Å². The maximum Gasteiger partial charge on any atom is 0.266 e. The number of anilines is 1. The number of amides is 1. The fourth-order valence-electron chi connectivity index (χ4n) is 5.50. The van der Waals surface area contributed by atoms with Gasteiger partial charge in [0.2, 0.25) is 5.88 Å². The highest BCUT2D eigenvalue weighted by Gasteiger charge is 2.27. The summed E-state index contributed by atoms with van der Waals surface area (Å²) in [5, 5.41) is 13.4. The molecule has 1 amide bonds. The highest BCUT2D eigenvalue weighted by Crippen LogP contribution is 2.36. The number of aromatic nitrogens is 5. The zero-order chi connectivity index (χ0) is 27.6. The summed E-state index contributed by atoms with van der Waals surface area (Å²) in [6.45, 7) is 2.38. The Morgan fingerprint density at radius 3 is 2.48 bits per heavy atom. The van der Waals surface area contributed by atoms with E-state index in [0.717, 1.165) is 53.7 Å². The first-order chi connectivity index (χ1) is 19.5. The number of hydrogen-bond donors (Lipinski definition) is 1. The summed E-state index contributed by atoms with van der Waals surface area (Å²) in [7, 11) is 3.48. The van der Waals surface area contributed by atoms with E-state index >= 15 is 0 Å². The van der Waals surface area contributed by atoms with Gasteiger partial charge in [-0.05, 0) is 37.8 Å². The van der Waals surface area contributed by atoms with Crippen LogP contribution in [0.1, 0.15) is 42.1 Å². The summed E-state index contributed by atoms with van der Waals surface area (Å²) in [6, 6.07) is 13.1. The van der Waals surface area contributed by atoms with E-state index in [1.54, 1.807) is 13.1 Å². The van der Waals surface area contributed by atoms with Gasteiger partial charge in [-0.1, -0.05) is 12.1 Å². The van der Waals surface area contributed by atoms with Gasteiger partial charge >= 0.3 is 0 Å². The lowest BCUT2D eigenvalue weighted by Crippen LogP contribution is -2.40. The molecule has 4 heterocycles. The Morgan fingerprint density at radius 2 is 1.77 bits per heavy atom. The predicted molar refractivity (Wildman–Crippen MR) is 151 cm³/mol. The molecule has 1 aliphatic carbocycles. The molecule has 40 heavy (non-hydrogen) atoms. The molecule has 6 rings (SSSR count). The van der Waals surface area contributed by atoms with Gasteiger partial charge in [0.25, 0.3) is 11.5 Å². The minimum atomic E-state index is -0.161. The zero-order valence-corrected chi connectivity index (χ0v) is 22.7. The van der Waals surface area contributed by atoms with Crippen molar-refractivity contribution in [2.24, 2.45) is 7.05 Å². The Bertz CT molecular complexity index is 1570. The van der Waals surface area contributed by atoms with E-state index in [4.69, 9.17) is 14.6 Å². The van der Waals surface area contributed by atoms with Crippen LogP contribution in [0, 0.1) is 0 Å². The van der Waals surface area contributed by atoms with E-state index in [9.17, 15) is 9.59 Å². The molecule has 1 N–H and O–H groups in total. The first-order valence-corrected chi connectivity index (χ1v) is 13.7. The molecule has 0 radical (unpaired) electrons. The molecule has 11 nitrogen and oxygen atoms in total. The summed E-state index contributed by atoms with van der Waals surface area (Å²) in [5.74, 6) is 1.28. The number of benzene rings is 1. The number of carbonyl (C=O) groups excluding carboxylic acids is 1. The highest BCUT2D eigenvalue weighted by atomic mass is 16.5. The summed E-state index contributed by atoms with van der Waals surface area (Å²) in [5.41, 5.74) is 3.32. The molecule has 1 aliphatic heterocycles. The van der Waals surface area contributed by atoms with Crippen LogP contribution in [-0.4, -0.2) is 74.8 Å². The lowest BCUT2D eigenvalue weighted by atomic mass is 9.93. The van der Waals surface area contributed by atoms with E-state index < -0.39 is 0 Å². The molecule has 11 heteroatoms. The molecular formula is C29H33N7O4. The number of rotatable bonds is 6. The van der Waals surface area contributed by atoms with E-state index in [-0.39, 0.29) is 23.6 Å². The number of morpholine rings is 1. The van der Waals surface area contributed by atoms with Gasteiger partial charge in [-0.2, -0.15) is 5.10 Å². The predicted octanol–water partition coefficient (Wildman–Crippen LogP) is 3.27. The Kier molecular flexibility index (Phi) is 7.21. The van der Waals surface area contributed by atoms with Crippen molar-refractivity contribution in [3.8, 4) is 17.1 Å². The van der Waals surface area contributed by atoms with Crippen molar-refractivity contribution in [2.75, 3.05) is 38.7 Å². The largest absolute Gasteiger partial charge is 0.473 e. The van der Waals surface area contributed by atoms with E-state index in [1.807, 2.05) is 48.5 Å². The van der Waals surface area contributed by atoms with Crippen LogP contribution in [0.5, 0.6) is 5.88 Å². The van der Waals surface area contributed by atoms with Crippen LogP contribution in [-0.2, 0) is 11.8 Å². The monoisotopic (exact) mass is 543 g/mol. The van der Waals surface area contributed by atoms with Crippen LogP contribution in [0.3, 0.4) is 0 Å². The second-order valence-electron chi connectivity index (χ2n) is 10.3. The topological polar surface area (TPSA) is 116 Å². The number of hydrogen-bond acceptors (Lipinski definition) is 8. The van der Waals surface area contributed by atoms with Crippen molar-refractivity contribution >= 4 is 22.6 Å². The molecule has 3 aromatic heterocycles. The average Bonchev–Trinajstić information content (AvgIpc) is 3.38. The van der Waals surface area contributed by atoms with E-state index in [0.29, 0.717) is 37.7 Å². The van der Waals surface area contributed by atoms with Gasteiger partial charge in [-0.25, -0.2) is 9.67 Å². The number of pyridine rings is 1. The number of carbonyl (C=O) groups is 1. The molecular weight excluding hydrogens is 510 g/mol. The zero-order valence-electron chi connectivity index (χ0n) is 22.7. The second-order valence-corrected chi connectivity index (χ2v) is 10.3. The number of aryl methyl sites for hydroxylation is 1. The first kappa shape index (κ1) is 26.0. The van der Waals surface area contributed by atoms with Gasteiger partial charge in [-0.3, -0.25) is 14.3 Å². The molecule has 0 atom stereocenters. The third-order valence-corrected chi connectivity index (χ3v) is 7.76. The molecule has 0 unspecified atom stereocenters. The Morgan fingerprint density at radius 1 is 1.02 bits per heavy atom. The molecule has 0 bridgehead atoms. The summed E-state index contributed by atoms with van der Waals surface area (Å²) < 4.78 is 14.9. The van der Waals surface area contributed by atoms with Gasteiger partial charge in [-0.15, -0.1) is 5.10 Å². The molecule has 1 saturated heterocycles. The van der Waals surface area contributed by atoms with Crippen molar-refractivity contribution in [1.29, 1.82) is 0 Å². The van der Waals surface area contributed by atoms with Crippen molar-refractivity contribution in [3.05, 3.63) is 64.6 Å². The van der Waals surface area contributed by atoms with Gasteiger partial charge in [0, 0.05) is 68.1 Å². The van der Waals surface area contributed by atoms with Crippen LogP contribution in [0.15, 0.2) is 53.5 Å². The lowest BCUT2D eigenvalue weighted by molar-refractivity contribution is 0.0303. The standard InChI is InChI=1S/C29H33N7O4/c1-30-25-17-24-23(18-31-25)28(19-3-5-20(6-4-19)29(38)35-13-15-39-16-14-35)33-36(24)21-7-9-22(10-8-21)40-26-11-12-27(37)34(2)32-26/h3-6,11-12,17-18,21-22H,7-10,13-16H2,1-2H3,(H,30,31). The molecule has 1 saturated carbocycles. The van der Waals surface area contributed by atoms with E-state index in [1.165, 1.54) is 10.7 Å². The molecule has 2 aliphatic rings.